The van der Waals surface area contributed by atoms with Gasteiger partial charge in [0.05, 0.1) is 11.8 Å². The molecule has 5 atom stereocenters. The molecular weight excluding hydrogens is 770 g/mol. The molecule has 1 aromatic carbocycles. The molecule has 0 radical (unpaired) electrons. The second-order valence-electron chi connectivity index (χ2n) is 14.8. The van der Waals surface area contributed by atoms with Crippen molar-refractivity contribution in [1.82, 2.24) is 25.2 Å². The van der Waals surface area contributed by atoms with Crippen molar-refractivity contribution in [3.8, 4) is 5.88 Å². The van der Waals surface area contributed by atoms with Crippen LogP contribution in [-0.4, -0.2) is 89.0 Å². The zero-order valence-corrected chi connectivity index (χ0v) is 32.8. The number of fused-ring (bicyclic) bond motifs is 1. The van der Waals surface area contributed by atoms with Gasteiger partial charge in [0.2, 0.25) is 27.7 Å². The van der Waals surface area contributed by atoms with E-state index in [0.717, 1.165) is 9.86 Å². The number of ether oxygens (including phenoxy) is 2. The molecule has 53 heavy (non-hydrogen) atoms. The van der Waals surface area contributed by atoms with Gasteiger partial charge >= 0.3 is 6.09 Å². The molecule has 5 rings (SSSR count). The van der Waals surface area contributed by atoms with Gasteiger partial charge < -0.3 is 25.0 Å². The van der Waals surface area contributed by atoms with Gasteiger partial charge in [-0.15, -0.1) is 6.58 Å². The first-order valence-corrected chi connectivity index (χ1v) is 19.9. The number of alkyl carbamates (subject to hydrolysis) is 1. The smallest absolute Gasteiger partial charge is 0.408 e. The van der Waals surface area contributed by atoms with Crippen LogP contribution in [-0.2, 0) is 33.9 Å². The van der Waals surface area contributed by atoms with Crippen molar-refractivity contribution in [3.63, 3.8) is 0 Å². The SMILES string of the molecule is C=C[C@@H]1C[C@]1(NC(=O)[C@@H]1C[C@@H](Oc2nccc3ccc(Br)cc23)CN1C(=O)[C@H](CCC(=O)C(C)=CC)NC(=O)OC(C)(C)C)C(=O)NS(=O)(=O)C1CC1. The summed E-state index contributed by atoms with van der Waals surface area (Å²) >= 11 is 3.48. The molecule has 0 spiro atoms. The molecule has 14 nitrogen and oxygen atoms in total. The number of Topliss-reactive ketones (excluding diaryl/α,β-unsaturated/α-hetero) is 1. The number of aromatic nitrogens is 1. The maximum absolute atomic E-state index is 14.5. The summed E-state index contributed by atoms with van der Waals surface area (Å²) in [6, 6.07) is 4.92. The Bertz CT molecular complexity index is 1960. The zero-order chi connectivity index (χ0) is 38.9. The number of halogens is 1. The molecule has 1 aromatic heterocycles. The third kappa shape index (κ3) is 9.44. The van der Waals surface area contributed by atoms with Gasteiger partial charge in [0.25, 0.3) is 5.91 Å². The second kappa shape index (κ2) is 15.6. The van der Waals surface area contributed by atoms with Crippen molar-refractivity contribution < 1.29 is 41.9 Å². The summed E-state index contributed by atoms with van der Waals surface area (Å²) in [5.74, 6) is -2.78. The van der Waals surface area contributed by atoms with Crippen LogP contribution in [0.15, 0.2) is 59.2 Å². The highest BCUT2D eigenvalue weighted by atomic mass is 79.9. The second-order valence-corrected chi connectivity index (χ2v) is 17.7. The van der Waals surface area contributed by atoms with Crippen molar-refractivity contribution in [1.29, 1.82) is 0 Å². The molecule has 16 heteroatoms. The Morgan fingerprint density at radius 2 is 1.89 bits per heavy atom. The van der Waals surface area contributed by atoms with E-state index in [-0.39, 0.29) is 43.9 Å². The highest BCUT2D eigenvalue weighted by Gasteiger charge is 2.62. The number of nitrogens with one attached hydrogen (secondary N) is 3. The highest BCUT2D eigenvalue weighted by Crippen LogP contribution is 2.45. The molecule has 2 aliphatic carbocycles. The molecule has 1 aliphatic heterocycles. The van der Waals surface area contributed by atoms with Crippen LogP contribution >= 0.6 is 15.9 Å². The van der Waals surface area contributed by atoms with Gasteiger partial charge in [0, 0.05) is 34.8 Å². The van der Waals surface area contributed by atoms with Gasteiger partial charge in [-0.1, -0.05) is 34.1 Å². The van der Waals surface area contributed by atoms with Crippen molar-refractivity contribution in [2.75, 3.05) is 6.54 Å². The number of pyridine rings is 1. The fourth-order valence-corrected chi connectivity index (χ4v) is 8.03. The molecule has 3 N–H and O–H groups in total. The summed E-state index contributed by atoms with van der Waals surface area (Å²) in [7, 11) is -3.93. The highest BCUT2D eigenvalue weighted by molar-refractivity contribution is 9.10. The van der Waals surface area contributed by atoms with Gasteiger partial charge in [-0.2, -0.15) is 0 Å². The summed E-state index contributed by atoms with van der Waals surface area (Å²) < 4.78 is 40.1. The predicted molar refractivity (Wildman–Crippen MR) is 200 cm³/mol. The van der Waals surface area contributed by atoms with E-state index in [2.05, 4.69) is 42.8 Å². The first-order valence-electron chi connectivity index (χ1n) is 17.5. The van der Waals surface area contributed by atoms with Gasteiger partial charge in [-0.3, -0.25) is 23.9 Å². The van der Waals surface area contributed by atoms with E-state index in [1.165, 1.54) is 11.0 Å². The van der Waals surface area contributed by atoms with Crippen molar-refractivity contribution in [2.45, 2.75) is 108 Å². The maximum atomic E-state index is 14.5. The molecule has 4 amide bonds. The van der Waals surface area contributed by atoms with Crippen molar-refractivity contribution in [3.05, 3.63) is 59.2 Å². The van der Waals surface area contributed by atoms with Crippen LogP contribution in [0, 0.1) is 5.92 Å². The molecule has 0 bridgehead atoms. The largest absolute Gasteiger partial charge is 0.472 e. The van der Waals surface area contributed by atoms with Crippen molar-refractivity contribution in [2.24, 2.45) is 5.92 Å². The Hall–Kier alpha value is -4.31. The predicted octanol–water partition coefficient (Wildman–Crippen LogP) is 4.22. The van der Waals surface area contributed by atoms with Crippen LogP contribution < -0.4 is 20.1 Å². The minimum atomic E-state index is -3.93. The Morgan fingerprint density at radius 1 is 1.17 bits per heavy atom. The fourth-order valence-electron chi connectivity index (χ4n) is 6.30. The first kappa shape index (κ1) is 39.9. The van der Waals surface area contributed by atoms with Gasteiger partial charge in [-0.25, -0.2) is 18.2 Å². The number of allylic oxidation sites excluding steroid dienone is 2. The van der Waals surface area contributed by atoms with Crippen LogP contribution in [0.3, 0.4) is 0 Å². The Labute approximate surface area is 317 Å². The van der Waals surface area contributed by atoms with E-state index in [4.69, 9.17) is 9.47 Å². The average molecular weight is 817 g/mol. The number of sulfonamides is 1. The topological polar surface area (TPSA) is 190 Å². The standard InChI is InChI=1S/C37H46BrN5O9S/c1-7-21(3)30(44)14-13-28(40-35(48)52-36(4,5)6)33(46)43-20-25(51-32-27-17-24(38)10-9-22(27)15-16-39-32)18-29(43)31(45)41-37(19-23(37)8-2)34(47)42-53(49,50)26-11-12-26/h7-10,15-17,23,25-26,28-29H,2,11-14,18-20H2,1,3-6H3,(H,40,48)(H,41,45)(H,42,47)/t23-,25-,28+,29+,37-/m1/s1. The van der Waals surface area contributed by atoms with Gasteiger partial charge in [-0.05, 0) is 89.5 Å². The van der Waals surface area contributed by atoms with E-state index < -0.39 is 74.3 Å². The Kier molecular flexibility index (Phi) is 11.7. The summed E-state index contributed by atoms with van der Waals surface area (Å²) in [6.07, 6.45) is 3.83. The quantitative estimate of drug-likeness (QED) is 0.184. The lowest BCUT2D eigenvalue weighted by Gasteiger charge is -2.30. The maximum Gasteiger partial charge on any atom is 0.408 e. The average Bonchev–Trinajstić information content (AvgIpc) is 4.02. The molecule has 3 aliphatic rings. The fraction of sp³-hybridized carbons (Fsp3) is 0.514. The van der Waals surface area contributed by atoms with Crippen LogP contribution in [0.25, 0.3) is 10.8 Å². The van der Waals surface area contributed by atoms with E-state index in [1.807, 2.05) is 24.3 Å². The minimum Gasteiger partial charge on any atom is -0.472 e. The Morgan fingerprint density at radius 3 is 2.51 bits per heavy atom. The monoisotopic (exact) mass is 815 g/mol. The Balaban J connectivity index is 1.45. The van der Waals surface area contributed by atoms with E-state index >= 15 is 0 Å². The number of nitrogens with zero attached hydrogens (tertiary/aromatic N) is 2. The number of ketones is 1. The normalized spacial score (nSPS) is 23.5. The van der Waals surface area contributed by atoms with E-state index in [9.17, 15) is 32.4 Å². The van der Waals surface area contributed by atoms with Crippen LogP contribution in [0.1, 0.15) is 73.1 Å². The lowest BCUT2D eigenvalue weighted by molar-refractivity contribution is -0.141. The molecular formula is C37H46BrN5O9S. The third-order valence-corrected chi connectivity index (χ3v) is 11.9. The molecule has 2 aromatic rings. The number of amides is 4. The van der Waals surface area contributed by atoms with Crippen molar-refractivity contribution >= 4 is 66.3 Å². The summed E-state index contributed by atoms with van der Waals surface area (Å²) in [6.45, 7) is 12.0. The number of carbonyl (C=O) groups is 5. The number of carbonyl (C=O) groups excluding carboxylic acids is 5. The number of likely N-dealkylation sites (tertiary alicyclic amines) is 1. The molecule has 1 saturated heterocycles. The zero-order valence-electron chi connectivity index (χ0n) is 30.4. The van der Waals surface area contributed by atoms with Gasteiger partial charge in [0.1, 0.15) is 29.3 Å². The minimum absolute atomic E-state index is 0.0315. The third-order valence-electron chi connectivity index (χ3n) is 9.59. The molecule has 3 fully saturated rings. The molecule has 2 heterocycles. The first-order chi connectivity index (χ1) is 24.9. The van der Waals surface area contributed by atoms with E-state index in [1.54, 1.807) is 46.9 Å². The summed E-state index contributed by atoms with van der Waals surface area (Å²) in [5.41, 5.74) is -2.00. The number of hydrogen-bond acceptors (Lipinski definition) is 10. The molecule has 2 saturated carbocycles. The molecule has 286 valence electrons. The number of rotatable bonds is 14. The van der Waals surface area contributed by atoms with Gasteiger partial charge in [0.15, 0.2) is 5.78 Å². The van der Waals surface area contributed by atoms with Crippen LogP contribution in [0.2, 0.25) is 0 Å². The number of hydrogen-bond donors (Lipinski definition) is 3. The lowest BCUT2D eigenvalue weighted by Crippen LogP contribution is -2.58. The summed E-state index contributed by atoms with van der Waals surface area (Å²) in [5, 5.41) is 6.22. The van der Waals surface area contributed by atoms with E-state index in [0.29, 0.717) is 23.8 Å². The number of benzene rings is 1. The molecule has 0 unspecified atom stereocenters. The lowest BCUT2D eigenvalue weighted by atomic mass is 10.0. The summed E-state index contributed by atoms with van der Waals surface area (Å²) in [4.78, 5) is 73.7. The van der Waals surface area contributed by atoms with Crippen LogP contribution in [0.4, 0.5) is 4.79 Å². The van der Waals surface area contributed by atoms with Crippen LogP contribution in [0.5, 0.6) is 5.88 Å².